The predicted molar refractivity (Wildman–Crippen MR) is 410 cm³/mol. The Balaban J connectivity index is 0.000000213. The van der Waals surface area contributed by atoms with E-state index in [-0.39, 0.29) is 93.0 Å². The van der Waals surface area contributed by atoms with Crippen LogP contribution < -0.4 is 14.7 Å². The van der Waals surface area contributed by atoms with Crippen molar-refractivity contribution in [2.75, 3.05) is 42.1 Å². The molecule has 3 amide bonds. The fourth-order valence-electron chi connectivity index (χ4n) is 14.5. The van der Waals surface area contributed by atoms with E-state index in [0.29, 0.717) is 75.5 Å². The molecule has 0 bridgehead atoms. The molecular formula is C83H117N3O12S3. The largest absolute Gasteiger partial charge is 0.477 e. The van der Waals surface area contributed by atoms with Gasteiger partial charge in [-0.05, 0) is 252 Å². The highest BCUT2D eigenvalue weighted by molar-refractivity contribution is 7.16. The van der Waals surface area contributed by atoms with Crippen LogP contribution in [0.3, 0.4) is 0 Å². The molecule has 6 saturated carbocycles. The van der Waals surface area contributed by atoms with Gasteiger partial charge >= 0.3 is 17.9 Å². The number of carbonyl (C=O) groups is 6. The number of carboxylic acid groups (broad SMARTS) is 1. The SMILES string of the molecule is C=CCOC1CCC(N(C(=O)C2CCC(C)CC2)c2cc(C#CC(C)(C)C)sc2C(=O)O)CC1.C=CCOC1CCC(N(C(=O)C2CCC(C)CC2)c2cc(C#CC(C)(C)C)sc2C(=O)OC)CC1.COC(=O)c1sc(C#CC(C)(C)C)cc1N(C(=O)C1CCC(C)CC1)C1CCC(O)CC1. The fourth-order valence-corrected chi connectivity index (χ4v) is 17.2. The lowest BCUT2D eigenvalue weighted by Crippen LogP contribution is -2.47. The molecule has 18 heteroatoms. The third-order valence-electron chi connectivity index (χ3n) is 20.3. The molecule has 0 spiro atoms. The number of esters is 2. The molecule has 554 valence electrons. The summed E-state index contributed by atoms with van der Waals surface area (Å²) in [4.78, 5) is 88.6. The second kappa shape index (κ2) is 38.1. The van der Waals surface area contributed by atoms with Crippen molar-refractivity contribution in [1.82, 2.24) is 0 Å². The van der Waals surface area contributed by atoms with Gasteiger partial charge in [0.05, 0.1) is 77.4 Å². The molecule has 0 saturated heterocycles. The van der Waals surface area contributed by atoms with Gasteiger partial charge in [0.25, 0.3) is 0 Å². The van der Waals surface area contributed by atoms with Crippen LogP contribution in [-0.4, -0.2) is 110 Å². The molecule has 0 unspecified atom stereocenters. The maximum absolute atomic E-state index is 14.0. The minimum atomic E-state index is -0.998. The summed E-state index contributed by atoms with van der Waals surface area (Å²) in [5.74, 6) is 19.6. The van der Waals surface area contributed by atoms with E-state index in [1.165, 1.54) is 48.2 Å². The van der Waals surface area contributed by atoms with Crippen molar-refractivity contribution >= 4 is 86.7 Å². The summed E-state index contributed by atoms with van der Waals surface area (Å²) in [7, 11) is 2.77. The number of rotatable bonds is 18. The van der Waals surface area contributed by atoms with Gasteiger partial charge in [0, 0.05) is 52.1 Å². The van der Waals surface area contributed by atoms with Gasteiger partial charge < -0.3 is 43.9 Å². The Morgan fingerprint density at radius 2 is 0.713 bits per heavy atom. The molecular weight excluding hydrogens is 1330 g/mol. The van der Waals surface area contributed by atoms with Crippen molar-refractivity contribution in [2.45, 2.75) is 274 Å². The molecule has 0 atom stereocenters. The van der Waals surface area contributed by atoms with Crippen LogP contribution in [-0.2, 0) is 33.3 Å². The third-order valence-corrected chi connectivity index (χ3v) is 23.4. The number of aromatic carboxylic acids is 1. The van der Waals surface area contributed by atoms with Crippen molar-refractivity contribution in [3.8, 4) is 35.5 Å². The average molecular weight is 1450 g/mol. The van der Waals surface area contributed by atoms with Crippen molar-refractivity contribution in [1.29, 1.82) is 0 Å². The van der Waals surface area contributed by atoms with Crippen molar-refractivity contribution < 1.29 is 57.9 Å². The van der Waals surface area contributed by atoms with Gasteiger partial charge in [-0.2, -0.15) is 0 Å². The molecule has 2 N–H and O–H groups in total. The number of carboxylic acids is 1. The topological polar surface area (TPSA) is 190 Å². The van der Waals surface area contributed by atoms with Gasteiger partial charge in [0.15, 0.2) is 0 Å². The molecule has 3 aromatic heterocycles. The van der Waals surface area contributed by atoms with Gasteiger partial charge in [0.1, 0.15) is 14.6 Å². The van der Waals surface area contributed by atoms with Crippen LogP contribution in [0.4, 0.5) is 17.1 Å². The molecule has 0 radical (unpaired) electrons. The van der Waals surface area contributed by atoms with Crippen LogP contribution in [0.15, 0.2) is 43.5 Å². The molecule has 3 aromatic rings. The number of aliphatic hydroxyl groups excluding tert-OH is 1. The Kier molecular flexibility index (Phi) is 31.0. The minimum Gasteiger partial charge on any atom is -0.477 e. The first-order valence-corrected chi connectivity index (χ1v) is 39.8. The van der Waals surface area contributed by atoms with Crippen LogP contribution in [0.5, 0.6) is 0 Å². The van der Waals surface area contributed by atoms with Crippen LogP contribution in [0.2, 0.25) is 0 Å². The Hall–Kier alpha value is -6.04. The third kappa shape index (κ3) is 24.5. The van der Waals surface area contributed by atoms with E-state index >= 15 is 0 Å². The minimum absolute atomic E-state index is 0.00422. The van der Waals surface area contributed by atoms with Crippen LogP contribution in [0, 0.1) is 87.3 Å². The van der Waals surface area contributed by atoms with Crippen molar-refractivity contribution in [2.24, 2.45) is 51.8 Å². The highest BCUT2D eigenvalue weighted by Gasteiger charge is 2.42. The van der Waals surface area contributed by atoms with Crippen LogP contribution in [0.25, 0.3) is 0 Å². The standard InChI is InChI=1S/C29H41NO4S.C28H39NO4S.C26H37NO4S/c1-7-18-34-23-14-12-22(13-15-23)30(27(31)21-10-8-20(2)9-11-21)25-19-24(16-17-29(3,4)5)35-26(25)28(32)33-6;1-6-17-33-22-13-11-21(12-14-22)29(26(30)20-9-7-19(2)8-10-20)24-18-23(15-16-28(3,4)5)34-25(24)27(31)32;1-17-6-8-18(9-7-17)24(29)27(19-10-12-20(28)13-11-19)22-16-21(14-15-26(2,3)4)32-23(22)25(30)31-5/h7,19-23H,1,8-15,18H2,2-6H3;6,18-22H,1,7-14,17H2,2-5H3,(H,31,32);16-20,28H,6-13H2,1-5H3. The smallest absolute Gasteiger partial charge is 0.350 e. The highest BCUT2D eigenvalue weighted by Crippen LogP contribution is 2.44. The van der Waals surface area contributed by atoms with Crippen LogP contribution >= 0.6 is 34.0 Å². The van der Waals surface area contributed by atoms with Gasteiger partial charge in [-0.15, -0.1) is 47.2 Å². The Morgan fingerprint density at radius 3 is 0.970 bits per heavy atom. The maximum Gasteiger partial charge on any atom is 0.350 e. The van der Waals surface area contributed by atoms with E-state index in [9.17, 15) is 39.0 Å². The number of anilines is 3. The summed E-state index contributed by atoms with van der Waals surface area (Å²) in [6.07, 6.45) is 24.8. The molecule has 3 heterocycles. The van der Waals surface area contributed by atoms with Gasteiger partial charge in [0.2, 0.25) is 17.7 Å². The number of carbonyl (C=O) groups excluding carboxylic acids is 5. The number of methoxy groups -OCH3 is 2. The van der Waals surface area contributed by atoms with Crippen molar-refractivity contribution in [3.63, 3.8) is 0 Å². The first-order chi connectivity index (χ1) is 47.8. The summed E-state index contributed by atoms with van der Waals surface area (Å²) in [5, 5.41) is 20.0. The van der Waals surface area contributed by atoms with Crippen LogP contribution in [0.1, 0.15) is 281 Å². The Morgan fingerprint density at radius 1 is 0.446 bits per heavy atom. The van der Waals surface area contributed by atoms with Gasteiger partial charge in [-0.3, -0.25) is 14.4 Å². The van der Waals surface area contributed by atoms with E-state index < -0.39 is 17.9 Å². The van der Waals surface area contributed by atoms with E-state index in [4.69, 9.17) is 18.9 Å². The molecule has 6 fully saturated rings. The zero-order valence-corrected chi connectivity index (χ0v) is 65.6. The summed E-state index contributed by atoms with van der Waals surface area (Å²) in [6, 6.07) is 5.64. The summed E-state index contributed by atoms with van der Waals surface area (Å²) >= 11 is 3.80. The summed E-state index contributed by atoms with van der Waals surface area (Å²) in [6.45, 7) is 33.7. The molecule has 15 nitrogen and oxygen atoms in total. The zero-order valence-electron chi connectivity index (χ0n) is 63.2. The van der Waals surface area contributed by atoms with Crippen molar-refractivity contribution in [3.05, 3.63) is 72.8 Å². The maximum atomic E-state index is 14.0. The van der Waals surface area contributed by atoms with E-state index in [1.54, 1.807) is 12.2 Å². The Labute approximate surface area is 616 Å². The van der Waals surface area contributed by atoms with Gasteiger partial charge in [-0.1, -0.05) is 68.4 Å². The monoisotopic (exact) mass is 1440 g/mol. The predicted octanol–water partition coefficient (Wildman–Crippen LogP) is 18.5. The highest BCUT2D eigenvalue weighted by atomic mass is 32.1. The number of hydrogen-bond acceptors (Lipinski definition) is 14. The van der Waals surface area contributed by atoms with E-state index in [0.717, 1.165) is 151 Å². The number of nitrogens with zero attached hydrogens (tertiary/aromatic N) is 3. The molecule has 6 aliphatic rings. The lowest BCUT2D eigenvalue weighted by Gasteiger charge is -2.39. The molecule has 9 rings (SSSR count). The first-order valence-electron chi connectivity index (χ1n) is 37.3. The molecule has 0 aliphatic heterocycles. The first kappa shape index (κ1) is 82.2. The summed E-state index contributed by atoms with van der Waals surface area (Å²) < 4.78 is 21.9. The Bertz CT molecular complexity index is 3470. The number of aliphatic hydroxyl groups is 1. The number of amides is 3. The number of thiophene rings is 3. The van der Waals surface area contributed by atoms with E-state index in [2.05, 4.69) is 90.2 Å². The second-order valence-electron chi connectivity index (χ2n) is 32.3. The second-order valence-corrected chi connectivity index (χ2v) is 35.5. The molecule has 101 heavy (non-hydrogen) atoms. The fraction of sp³-hybridized carbons (Fsp3) is 0.663. The molecule has 0 aromatic carbocycles. The quantitative estimate of drug-likeness (QED) is 0.0697. The molecule has 6 aliphatic carbocycles. The number of ether oxygens (including phenoxy) is 4. The zero-order chi connectivity index (χ0) is 73.9. The lowest BCUT2D eigenvalue weighted by molar-refractivity contribution is -0.125. The average Bonchev–Trinajstić information content (AvgIpc) is 1.73. The van der Waals surface area contributed by atoms with Gasteiger partial charge in [-0.25, -0.2) is 14.4 Å². The lowest BCUT2D eigenvalue weighted by atomic mass is 9.81. The summed E-state index contributed by atoms with van der Waals surface area (Å²) in [5.41, 5.74) is 1.31. The van der Waals surface area contributed by atoms with E-state index in [1.807, 2.05) is 74.4 Å². The number of hydrogen-bond donors (Lipinski definition) is 2. The normalized spacial score (nSPS) is 25.3.